The molecule has 0 aliphatic heterocycles. The first-order valence-electron chi connectivity index (χ1n) is 11.5. The molecule has 0 spiro atoms. The van der Waals surface area contributed by atoms with Gasteiger partial charge in [-0.2, -0.15) is 5.10 Å². The Labute approximate surface area is 228 Å². The second kappa shape index (κ2) is 9.87. The Bertz CT molecular complexity index is 1990. The molecule has 1 atom stereocenters. The number of halogens is 5. The molecule has 2 heterocycles. The zero-order chi connectivity index (χ0) is 29.1. The minimum atomic E-state index is -3.80. The standard InChI is InChI=1S/C25H19ClF4N6O3S/c1-35-22-18(6-3-14(26)19(22)23(33-35)34-40(2,38)39)36-24(17(31)9-11-7-12(27)10-13(28)8-11)32-21-16(30)5-4-15(29)20(21)25(36)37/h3-8,10,17H,9,31H2,1-2H3,(H,33,34)/t17-/m0/s1. The Morgan fingerprint density at radius 3 is 2.33 bits per heavy atom. The molecule has 2 aromatic heterocycles. The Hall–Kier alpha value is -4.01. The molecule has 15 heteroatoms. The quantitative estimate of drug-likeness (QED) is 0.285. The number of benzene rings is 3. The maximum atomic E-state index is 14.9. The largest absolute Gasteiger partial charge is 0.321 e. The van der Waals surface area contributed by atoms with E-state index in [2.05, 4.69) is 14.8 Å². The smallest absolute Gasteiger partial charge is 0.269 e. The van der Waals surface area contributed by atoms with E-state index in [1.165, 1.54) is 23.9 Å². The van der Waals surface area contributed by atoms with Crippen molar-refractivity contribution in [3.63, 3.8) is 0 Å². The van der Waals surface area contributed by atoms with E-state index in [1.54, 1.807) is 0 Å². The van der Waals surface area contributed by atoms with Crippen molar-refractivity contribution in [2.45, 2.75) is 12.5 Å². The van der Waals surface area contributed by atoms with E-state index < -0.39 is 55.8 Å². The minimum Gasteiger partial charge on any atom is -0.321 e. The third-order valence-corrected chi connectivity index (χ3v) is 6.98. The van der Waals surface area contributed by atoms with E-state index in [9.17, 15) is 30.8 Å². The van der Waals surface area contributed by atoms with E-state index in [4.69, 9.17) is 17.3 Å². The van der Waals surface area contributed by atoms with E-state index in [0.29, 0.717) is 6.07 Å². The van der Waals surface area contributed by atoms with Gasteiger partial charge in [0.1, 0.15) is 40.0 Å². The molecule has 0 amide bonds. The van der Waals surface area contributed by atoms with Crippen molar-refractivity contribution in [3.05, 3.63) is 92.5 Å². The predicted octanol–water partition coefficient (Wildman–Crippen LogP) is 4.10. The van der Waals surface area contributed by atoms with Crippen LogP contribution >= 0.6 is 11.6 Å². The highest BCUT2D eigenvalue weighted by Crippen LogP contribution is 2.35. The average Bonchev–Trinajstić information content (AvgIpc) is 3.16. The lowest BCUT2D eigenvalue weighted by molar-refractivity contribution is 0.571. The maximum Gasteiger partial charge on any atom is 0.269 e. The zero-order valence-electron chi connectivity index (χ0n) is 20.7. The number of fused-ring (bicyclic) bond motifs is 2. The Morgan fingerprint density at radius 2 is 1.68 bits per heavy atom. The average molecular weight is 595 g/mol. The van der Waals surface area contributed by atoms with Crippen LogP contribution in [0.5, 0.6) is 0 Å². The lowest BCUT2D eigenvalue weighted by Gasteiger charge is -2.20. The van der Waals surface area contributed by atoms with Gasteiger partial charge in [-0.25, -0.2) is 31.0 Å². The van der Waals surface area contributed by atoms with Crippen molar-refractivity contribution in [3.8, 4) is 5.69 Å². The van der Waals surface area contributed by atoms with E-state index >= 15 is 0 Å². The highest BCUT2D eigenvalue weighted by molar-refractivity contribution is 7.92. The molecule has 0 saturated heterocycles. The SMILES string of the molecule is Cn1nc(NS(C)(=O)=O)c2c(Cl)ccc(-n3c([C@@H](N)Cc4cc(F)cc(F)c4)nc4c(F)ccc(F)c4c3=O)c21. The van der Waals surface area contributed by atoms with E-state index in [1.807, 2.05) is 0 Å². The molecular weight excluding hydrogens is 576 g/mol. The molecular formula is C25H19ClF4N6O3S. The fourth-order valence-corrected chi connectivity index (χ4v) is 5.31. The van der Waals surface area contributed by atoms with Crippen molar-refractivity contribution in [2.24, 2.45) is 12.8 Å². The molecule has 9 nitrogen and oxygen atoms in total. The number of rotatable bonds is 6. The normalized spacial score (nSPS) is 12.8. The van der Waals surface area contributed by atoms with Crippen molar-refractivity contribution in [2.75, 3.05) is 11.0 Å². The molecule has 0 bridgehead atoms. The number of aryl methyl sites for hydroxylation is 1. The summed E-state index contributed by atoms with van der Waals surface area (Å²) in [5.74, 6) is -4.18. The maximum absolute atomic E-state index is 14.9. The lowest BCUT2D eigenvalue weighted by atomic mass is 10.0. The molecule has 5 rings (SSSR count). The third-order valence-electron chi connectivity index (χ3n) is 6.10. The highest BCUT2D eigenvalue weighted by Gasteiger charge is 2.26. The summed E-state index contributed by atoms with van der Waals surface area (Å²) in [6, 6.07) is 5.80. The number of nitrogens with two attached hydrogens (primary N) is 1. The molecule has 0 aliphatic rings. The highest BCUT2D eigenvalue weighted by atomic mass is 35.5. The van der Waals surface area contributed by atoms with Gasteiger partial charge in [0.15, 0.2) is 5.82 Å². The van der Waals surface area contributed by atoms with Crippen molar-refractivity contribution in [1.29, 1.82) is 0 Å². The van der Waals surface area contributed by atoms with Crippen LogP contribution in [0.2, 0.25) is 5.02 Å². The molecule has 0 fully saturated rings. The van der Waals surface area contributed by atoms with E-state index in [-0.39, 0.29) is 45.2 Å². The minimum absolute atomic E-state index is 0.00915. The van der Waals surface area contributed by atoms with Crippen LogP contribution in [0, 0.1) is 23.3 Å². The summed E-state index contributed by atoms with van der Waals surface area (Å²) >= 11 is 6.39. The van der Waals surface area contributed by atoms with Gasteiger partial charge in [0.2, 0.25) is 10.0 Å². The van der Waals surface area contributed by atoms with Gasteiger partial charge in [-0.05, 0) is 48.4 Å². The Balaban J connectivity index is 1.85. The number of anilines is 1. The van der Waals surface area contributed by atoms with Gasteiger partial charge in [0, 0.05) is 13.1 Å². The number of hydrogen-bond donors (Lipinski definition) is 2. The lowest BCUT2D eigenvalue weighted by Crippen LogP contribution is -2.30. The summed E-state index contributed by atoms with van der Waals surface area (Å²) in [5.41, 5.74) is 5.01. The molecule has 0 unspecified atom stereocenters. The van der Waals surface area contributed by atoms with Crippen LogP contribution in [0.3, 0.4) is 0 Å². The van der Waals surface area contributed by atoms with Gasteiger partial charge in [-0.15, -0.1) is 0 Å². The van der Waals surface area contributed by atoms with Gasteiger partial charge >= 0.3 is 0 Å². The number of hydrogen-bond acceptors (Lipinski definition) is 6. The Morgan fingerprint density at radius 1 is 1.02 bits per heavy atom. The molecule has 0 radical (unpaired) electrons. The molecule has 0 aliphatic carbocycles. The van der Waals surface area contributed by atoms with Gasteiger partial charge < -0.3 is 5.73 Å². The summed E-state index contributed by atoms with van der Waals surface area (Å²) in [4.78, 5) is 18.0. The monoisotopic (exact) mass is 594 g/mol. The van der Waals surface area contributed by atoms with Crippen molar-refractivity contribution >= 4 is 49.2 Å². The summed E-state index contributed by atoms with van der Waals surface area (Å²) < 4.78 is 85.7. The zero-order valence-corrected chi connectivity index (χ0v) is 22.3. The second-order valence-electron chi connectivity index (χ2n) is 9.09. The van der Waals surface area contributed by atoms with Gasteiger partial charge in [0.05, 0.1) is 33.9 Å². The Kier molecular flexibility index (Phi) is 6.80. The fraction of sp³-hybridized carbons (Fsp3) is 0.160. The van der Waals surface area contributed by atoms with Gasteiger partial charge in [-0.1, -0.05) is 11.6 Å². The van der Waals surface area contributed by atoms with Crippen LogP contribution in [0.25, 0.3) is 27.5 Å². The predicted molar refractivity (Wildman–Crippen MR) is 142 cm³/mol. The van der Waals surface area contributed by atoms with Crippen molar-refractivity contribution in [1.82, 2.24) is 19.3 Å². The van der Waals surface area contributed by atoms with Gasteiger partial charge in [0.25, 0.3) is 5.56 Å². The van der Waals surface area contributed by atoms with Crippen LogP contribution in [0.4, 0.5) is 23.4 Å². The number of sulfonamides is 1. The molecule has 208 valence electrons. The molecule has 3 aromatic carbocycles. The third kappa shape index (κ3) is 4.89. The molecule has 3 N–H and O–H groups in total. The second-order valence-corrected chi connectivity index (χ2v) is 11.2. The topological polar surface area (TPSA) is 125 Å². The summed E-state index contributed by atoms with van der Waals surface area (Å²) in [6.07, 6.45) is 0.666. The molecule has 0 saturated carbocycles. The molecule has 40 heavy (non-hydrogen) atoms. The summed E-state index contributed by atoms with van der Waals surface area (Å²) in [7, 11) is -2.35. The first kappa shape index (κ1) is 27.6. The van der Waals surface area contributed by atoms with Gasteiger partial charge in [-0.3, -0.25) is 18.8 Å². The number of aromatic nitrogens is 4. The number of nitrogens with one attached hydrogen (secondary N) is 1. The van der Waals surface area contributed by atoms with Crippen LogP contribution in [0.1, 0.15) is 17.4 Å². The van der Waals surface area contributed by atoms with Crippen LogP contribution in [-0.2, 0) is 23.5 Å². The van der Waals surface area contributed by atoms with Crippen LogP contribution in [-0.4, -0.2) is 34.0 Å². The first-order chi connectivity index (χ1) is 18.7. The summed E-state index contributed by atoms with van der Waals surface area (Å²) in [5, 5.41) is 3.66. The fourth-order valence-electron chi connectivity index (χ4n) is 4.58. The van der Waals surface area contributed by atoms with Crippen LogP contribution < -0.4 is 16.0 Å². The first-order valence-corrected chi connectivity index (χ1v) is 13.8. The van der Waals surface area contributed by atoms with Crippen molar-refractivity contribution < 1.29 is 26.0 Å². The summed E-state index contributed by atoms with van der Waals surface area (Å²) in [6.45, 7) is 0. The molecule has 5 aromatic rings. The van der Waals surface area contributed by atoms with Crippen LogP contribution in [0.15, 0.2) is 47.3 Å². The number of nitrogens with zero attached hydrogens (tertiary/aromatic N) is 4. The van der Waals surface area contributed by atoms with E-state index in [0.717, 1.165) is 35.1 Å².